The third-order valence-electron chi connectivity index (χ3n) is 1.58. The third kappa shape index (κ3) is 2.85. The van der Waals surface area contributed by atoms with Crippen molar-refractivity contribution in [3.05, 3.63) is 35.9 Å². The first-order valence-electron chi connectivity index (χ1n) is 4.93. The molecule has 0 aliphatic carbocycles. The van der Waals surface area contributed by atoms with E-state index in [0.29, 0.717) is 0 Å². The number of ether oxygens (including phenoxy) is 1. The van der Waals surface area contributed by atoms with E-state index in [-0.39, 0.29) is 11.7 Å². The first-order chi connectivity index (χ1) is 6.94. The monoisotopic (exact) mass is 195 g/mol. The second-order valence-corrected chi connectivity index (χ2v) is 3.17. The number of benzene rings is 1. The van der Waals surface area contributed by atoms with Crippen LogP contribution in [0.15, 0.2) is 30.3 Å². The SMILES string of the molecule is [2H]C(O)(C(=O)OC(C)C)c1ccccc1. The summed E-state index contributed by atoms with van der Waals surface area (Å²) >= 11 is 0. The zero-order valence-electron chi connectivity index (χ0n) is 9.23. The molecule has 3 nitrogen and oxygen atoms in total. The first-order valence-corrected chi connectivity index (χ1v) is 4.43. The summed E-state index contributed by atoms with van der Waals surface area (Å²) in [5, 5.41) is 9.70. The molecule has 0 heterocycles. The Hall–Kier alpha value is -1.35. The van der Waals surface area contributed by atoms with Crippen molar-refractivity contribution in [1.82, 2.24) is 0 Å². The molecule has 1 aromatic carbocycles. The number of hydrogen-bond acceptors (Lipinski definition) is 3. The second kappa shape index (κ2) is 4.77. The van der Waals surface area contributed by atoms with Gasteiger partial charge >= 0.3 is 5.97 Å². The highest BCUT2D eigenvalue weighted by atomic mass is 16.6. The van der Waals surface area contributed by atoms with Gasteiger partial charge in [0.2, 0.25) is 0 Å². The van der Waals surface area contributed by atoms with Crippen LogP contribution in [0.3, 0.4) is 0 Å². The Kier molecular flexibility index (Phi) is 3.14. The van der Waals surface area contributed by atoms with Gasteiger partial charge in [-0.15, -0.1) is 0 Å². The lowest BCUT2D eigenvalue weighted by molar-refractivity contribution is -0.157. The van der Waals surface area contributed by atoms with E-state index in [2.05, 4.69) is 0 Å². The van der Waals surface area contributed by atoms with Crippen LogP contribution >= 0.6 is 0 Å². The van der Waals surface area contributed by atoms with Crippen LogP contribution in [0.5, 0.6) is 0 Å². The van der Waals surface area contributed by atoms with Crippen LogP contribution in [0.25, 0.3) is 0 Å². The summed E-state index contributed by atoms with van der Waals surface area (Å²) in [4.78, 5) is 11.4. The topological polar surface area (TPSA) is 46.5 Å². The highest BCUT2D eigenvalue weighted by molar-refractivity contribution is 5.76. The molecule has 0 spiro atoms. The first kappa shape index (κ1) is 9.21. The Balaban J connectivity index is 2.88. The number of carbonyl (C=O) groups excluding carboxylic acids is 1. The van der Waals surface area contributed by atoms with E-state index in [4.69, 9.17) is 6.11 Å². The van der Waals surface area contributed by atoms with Crippen LogP contribution in [0.4, 0.5) is 0 Å². The average molecular weight is 195 g/mol. The molecule has 1 aromatic rings. The van der Waals surface area contributed by atoms with E-state index in [1.54, 1.807) is 32.0 Å². The van der Waals surface area contributed by atoms with E-state index < -0.39 is 12.0 Å². The minimum atomic E-state index is -2.33. The number of rotatable bonds is 3. The molecular weight excluding hydrogens is 180 g/mol. The fourth-order valence-corrected chi connectivity index (χ4v) is 0.984. The van der Waals surface area contributed by atoms with Crippen LogP contribution in [0.2, 0.25) is 0 Å². The molecule has 1 rings (SSSR count). The summed E-state index contributed by atoms with van der Waals surface area (Å²) in [6.45, 7) is 3.33. The lowest BCUT2D eigenvalue weighted by Gasteiger charge is -2.12. The van der Waals surface area contributed by atoms with Gasteiger partial charge in [0.1, 0.15) is 0 Å². The molecule has 3 heteroatoms. The number of aliphatic hydroxyl groups is 1. The van der Waals surface area contributed by atoms with E-state index in [0.717, 1.165) is 0 Å². The largest absolute Gasteiger partial charge is 0.461 e. The van der Waals surface area contributed by atoms with Gasteiger partial charge in [-0.2, -0.15) is 0 Å². The van der Waals surface area contributed by atoms with E-state index in [1.807, 2.05) is 0 Å². The normalized spacial score (nSPS) is 15.9. The molecule has 1 unspecified atom stereocenters. The van der Waals surface area contributed by atoms with Crippen LogP contribution in [-0.4, -0.2) is 17.2 Å². The van der Waals surface area contributed by atoms with E-state index in [1.165, 1.54) is 12.1 Å². The summed E-state index contributed by atoms with van der Waals surface area (Å²) in [5.74, 6) is -0.955. The number of esters is 1. The Labute approximate surface area is 84.7 Å². The maximum atomic E-state index is 11.4. The molecule has 0 aliphatic rings. The fourth-order valence-electron chi connectivity index (χ4n) is 0.984. The third-order valence-corrected chi connectivity index (χ3v) is 1.58. The van der Waals surface area contributed by atoms with Crippen LogP contribution in [0.1, 0.15) is 26.9 Å². The Morgan fingerprint density at radius 1 is 1.43 bits per heavy atom. The predicted molar refractivity (Wildman–Crippen MR) is 52.6 cm³/mol. The predicted octanol–water partition coefficient (Wildman–Crippen LogP) is 1.67. The molecule has 1 atom stereocenters. The van der Waals surface area contributed by atoms with Crippen LogP contribution in [-0.2, 0) is 9.53 Å². The molecular formula is C11H14O3. The number of carbonyl (C=O) groups is 1. The molecule has 14 heavy (non-hydrogen) atoms. The quantitative estimate of drug-likeness (QED) is 0.746. The van der Waals surface area contributed by atoms with Crippen molar-refractivity contribution in [3.63, 3.8) is 0 Å². The standard InChI is InChI=1S/C11H14O3/c1-8(2)14-11(13)10(12)9-6-4-3-5-7-9/h3-8,10,12H,1-2H3/i10D. The van der Waals surface area contributed by atoms with Crippen molar-refractivity contribution in [2.45, 2.75) is 26.0 Å². The van der Waals surface area contributed by atoms with Gasteiger partial charge in [-0.05, 0) is 19.4 Å². The molecule has 0 saturated heterocycles. The van der Waals surface area contributed by atoms with Gasteiger partial charge in [0, 0.05) is 0 Å². The van der Waals surface area contributed by atoms with Crippen molar-refractivity contribution in [1.29, 1.82) is 0 Å². The smallest absolute Gasteiger partial charge is 0.339 e. The van der Waals surface area contributed by atoms with Gasteiger partial charge in [0.15, 0.2) is 6.08 Å². The lowest BCUT2D eigenvalue weighted by atomic mass is 10.1. The van der Waals surface area contributed by atoms with Gasteiger partial charge in [-0.3, -0.25) is 0 Å². The summed E-state index contributed by atoms with van der Waals surface area (Å²) in [7, 11) is 0. The Morgan fingerprint density at radius 2 is 2.00 bits per heavy atom. The lowest BCUT2D eigenvalue weighted by Crippen LogP contribution is -2.19. The van der Waals surface area contributed by atoms with Gasteiger partial charge in [-0.1, -0.05) is 30.3 Å². The molecule has 0 radical (unpaired) electrons. The van der Waals surface area contributed by atoms with Crippen molar-refractivity contribution in [2.75, 3.05) is 0 Å². The van der Waals surface area contributed by atoms with Crippen molar-refractivity contribution in [3.8, 4) is 0 Å². The fraction of sp³-hybridized carbons (Fsp3) is 0.364. The van der Waals surface area contributed by atoms with Crippen LogP contribution < -0.4 is 0 Å². The highest BCUT2D eigenvalue weighted by Crippen LogP contribution is 2.14. The van der Waals surface area contributed by atoms with Crippen molar-refractivity contribution in [2.24, 2.45) is 0 Å². The zero-order valence-corrected chi connectivity index (χ0v) is 8.23. The maximum Gasteiger partial charge on any atom is 0.339 e. The summed E-state index contributed by atoms with van der Waals surface area (Å²) < 4.78 is 12.3. The zero-order chi connectivity index (χ0) is 11.5. The summed E-state index contributed by atoms with van der Waals surface area (Å²) in [6, 6.07) is 8.06. The molecule has 0 amide bonds. The molecule has 0 aromatic heterocycles. The molecule has 0 fully saturated rings. The molecule has 1 N–H and O–H groups in total. The van der Waals surface area contributed by atoms with Gasteiger partial charge in [-0.25, -0.2) is 4.79 Å². The Morgan fingerprint density at radius 3 is 2.50 bits per heavy atom. The highest BCUT2D eigenvalue weighted by Gasteiger charge is 2.19. The minimum absolute atomic E-state index is 0.204. The molecule has 0 aliphatic heterocycles. The summed E-state index contributed by atoms with van der Waals surface area (Å²) in [5.41, 5.74) is 0.204. The van der Waals surface area contributed by atoms with E-state index >= 15 is 0 Å². The maximum absolute atomic E-state index is 11.4. The number of hydrogen-bond donors (Lipinski definition) is 1. The van der Waals surface area contributed by atoms with Crippen LogP contribution in [0, 0.1) is 0 Å². The molecule has 0 bridgehead atoms. The van der Waals surface area contributed by atoms with Gasteiger partial charge < -0.3 is 9.84 Å². The van der Waals surface area contributed by atoms with Crippen molar-refractivity contribution < 1.29 is 16.0 Å². The van der Waals surface area contributed by atoms with E-state index in [9.17, 15) is 9.90 Å². The second-order valence-electron chi connectivity index (χ2n) is 3.17. The Bertz CT molecular complexity index is 333. The minimum Gasteiger partial charge on any atom is -0.461 e. The molecule has 76 valence electrons. The molecule has 0 saturated carbocycles. The van der Waals surface area contributed by atoms with Gasteiger partial charge in [0.05, 0.1) is 7.47 Å². The van der Waals surface area contributed by atoms with Crippen molar-refractivity contribution >= 4 is 5.97 Å². The van der Waals surface area contributed by atoms with Gasteiger partial charge in [0.25, 0.3) is 0 Å². The average Bonchev–Trinajstić information content (AvgIpc) is 2.18. The summed E-state index contributed by atoms with van der Waals surface area (Å²) in [6.07, 6.45) is -2.68.